The second-order valence-electron chi connectivity index (χ2n) is 4.88. The van der Waals surface area contributed by atoms with E-state index in [-0.39, 0.29) is 33.8 Å². The Kier molecular flexibility index (Phi) is 2.73. The zero-order valence-electron chi connectivity index (χ0n) is 11.4. The van der Waals surface area contributed by atoms with Crippen LogP contribution in [-0.4, -0.2) is 28.9 Å². The molecule has 106 valence electrons. The lowest BCUT2D eigenvalue weighted by molar-refractivity contribution is 0.0976. The number of hydrogen-bond acceptors (Lipinski definition) is 5. The molecule has 2 aromatic carbocycles. The molecule has 0 saturated carbocycles. The Labute approximate surface area is 120 Å². The average molecular weight is 284 g/mol. The van der Waals surface area contributed by atoms with Gasteiger partial charge in [-0.3, -0.25) is 9.59 Å². The molecule has 0 fully saturated rings. The fourth-order valence-corrected chi connectivity index (χ4v) is 2.51. The Morgan fingerprint density at radius 2 is 1.62 bits per heavy atom. The van der Waals surface area contributed by atoms with Crippen molar-refractivity contribution in [2.75, 3.05) is 7.11 Å². The maximum Gasteiger partial charge on any atom is 0.198 e. The highest BCUT2D eigenvalue weighted by Gasteiger charge is 2.34. The molecule has 1 aliphatic rings. The lowest BCUT2D eigenvalue weighted by Crippen LogP contribution is -2.21. The van der Waals surface area contributed by atoms with Crippen LogP contribution in [0.1, 0.15) is 37.4 Å². The summed E-state index contributed by atoms with van der Waals surface area (Å²) in [5.41, 5.74) is 0.691. The van der Waals surface area contributed by atoms with Crippen molar-refractivity contribution in [3.63, 3.8) is 0 Å². The van der Waals surface area contributed by atoms with E-state index in [1.807, 2.05) is 0 Å². The van der Waals surface area contributed by atoms with Crippen LogP contribution >= 0.6 is 0 Å². The number of ketones is 2. The summed E-state index contributed by atoms with van der Waals surface area (Å²) in [6.07, 6.45) is 0. The van der Waals surface area contributed by atoms with Crippen LogP contribution in [0.4, 0.5) is 0 Å². The third kappa shape index (κ3) is 1.71. The summed E-state index contributed by atoms with van der Waals surface area (Å²) in [5, 5.41) is 19.8. The maximum absolute atomic E-state index is 12.5. The minimum Gasteiger partial charge on any atom is -0.504 e. The van der Waals surface area contributed by atoms with Crippen molar-refractivity contribution < 1.29 is 24.5 Å². The Morgan fingerprint density at radius 1 is 0.905 bits per heavy atom. The fourth-order valence-electron chi connectivity index (χ4n) is 2.51. The van der Waals surface area contributed by atoms with Crippen LogP contribution in [0, 0.1) is 6.92 Å². The largest absolute Gasteiger partial charge is 0.504 e. The van der Waals surface area contributed by atoms with E-state index in [9.17, 15) is 19.8 Å². The Balaban J connectivity index is 2.33. The number of fused-ring (bicyclic) bond motifs is 2. The summed E-state index contributed by atoms with van der Waals surface area (Å²) >= 11 is 0. The Bertz CT molecular complexity index is 805. The molecule has 5 heteroatoms. The Morgan fingerprint density at radius 3 is 2.29 bits per heavy atom. The molecule has 21 heavy (non-hydrogen) atoms. The number of rotatable bonds is 1. The predicted octanol–water partition coefficient (Wildman–Crippen LogP) is 2.19. The molecule has 0 aliphatic heterocycles. The first kappa shape index (κ1) is 13.2. The summed E-state index contributed by atoms with van der Waals surface area (Å²) in [7, 11) is 1.47. The number of carbonyl (C=O) groups is 2. The molecule has 1 aliphatic carbocycles. The van der Waals surface area contributed by atoms with E-state index in [2.05, 4.69) is 0 Å². The van der Waals surface area contributed by atoms with Gasteiger partial charge in [0.1, 0.15) is 5.75 Å². The summed E-state index contributed by atoms with van der Waals surface area (Å²) in [4.78, 5) is 25.0. The van der Waals surface area contributed by atoms with E-state index in [1.54, 1.807) is 13.0 Å². The molecule has 3 rings (SSSR count). The van der Waals surface area contributed by atoms with Gasteiger partial charge in [-0.1, -0.05) is 0 Å². The molecular weight excluding hydrogens is 272 g/mol. The van der Waals surface area contributed by atoms with Gasteiger partial charge in [0.05, 0.1) is 12.7 Å². The van der Waals surface area contributed by atoms with Gasteiger partial charge in [0.15, 0.2) is 23.1 Å². The van der Waals surface area contributed by atoms with Gasteiger partial charge in [0.25, 0.3) is 0 Å². The first-order chi connectivity index (χ1) is 9.95. The molecule has 0 saturated heterocycles. The van der Waals surface area contributed by atoms with Gasteiger partial charge < -0.3 is 14.9 Å². The van der Waals surface area contributed by atoms with Crippen molar-refractivity contribution in [3.8, 4) is 17.2 Å². The lowest BCUT2D eigenvalue weighted by Gasteiger charge is -2.20. The zero-order chi connectivity index (χ0) is 15.3. The van der Waals surface area contributed by atoms with E-state index < -0.39 is 11.5 Å². The molecule has 0 heterocycles. The molecule has 2 aromatic rings. The zero-order valence-corrected chi connectivity index (χ0v) is 11.4. The topological polar surface area (TPSA) is 83.8 Å². The van der Waals surface area contributed by atoms with Gasteiger partial charge in [-0.15, -0.1) is 0 Å². The molecule has 0 radical (unpaired) electrons. The van der Waals surface area contributed by atoms with Crippen LogP contribution < -0.4 is 4.74 Å². The van der Waals surface area contributed by atoms with Gasteiger partial charge in [0.2, 0.25) is 0 Å². The quantitative estimate of drug-likeness (QED) is 0.669. The number of hydrogen-bond donors (Lipinski definition) is 2. The van der Waals surface area contributed by atoms with Crippen molar-refractivity contribution in [1.29, 1.82) is 0 Å². The number of phenolic OH excluding ortho intramolecular Hbond substituents is 2. The highest BCUT2D eigenvalue weighted by atomic mass is 16.5. The molecular formula is C16H12O5. The lowest BCUT2D eigenvalue weighted by atomic mass is 9.82. The SMILES string of the molecule is COc1ccc2c(c1)C(=O)c1cc(C)c(O)c(O)c1C2=O. The Hall–Kier alpha value is -2.82. The first-order valence-electron chi connectivity index (χ1n) is 6.28. The van der Waals surface area contributed by atoms with E-state index in [0.29, 0.717) is 11.3 Å². The van der Waals surface area contributed by atoms with Gasteiger partial charge >= 0.3 is 0 Å². The molecule has 2 N–H and O–H groups in total. The van der Waals surface area contributed by atoms with E-state index in [4.69, 9.17) is 4.74 Å². The number of benzene rings is 2. The molecule has 0 bridgehead atoms. The maximum atomic E-state index is 12.5. The molecule has 0 atom stereocenters. The highest BCUT2D eigenvalue weighted by molar-refractivity contribution is 6.29. The van der Waals surface area contributed by atoms with E-state index in [0.717, 1.165) is 0 Å². The first-order valence-corrected chi connectivity index (χ1v) is 6.28. The van der Waals surface area contributed by atoms with Crippen LogP contribution in [0.2, 0.25) is 0 Å². The van der Waals surface area contributed by atoms with Crippen molar-refractivity contribution in [2.24, 2.45) is 0 Å². The molecule has 0 aromatic heterocycles. The summed E-state index contributed by atoms with van der Waals surface area (Å²) in [6, 6.07) is 5.96. The normalized spacial score (nSPS) is 12.9. The third-order valence-corrected chi connectivity index (χ3v) is 3.65. The van der Waals surface area contributed by atoms with E-state index in [1.165, 1.54) is 25.3 Å². The minimum absolute atomic E-state index is 0.0913. The second kappa shape index (κ2) is 4.34. The van der Waals surface area contributed by atoms with Gasteiger partial charge in [-0.2, -0.15) is 0 Å². The van der Waals surface area contributed by atoms with Crippen molar-refractivity contribution in [3.05, 3.63) is 52.1 Å². The number of phenols is 2. The van der Waals surface area contributed by atoms with Crippen LogP contribution in [0.3, 0.4) is 0 Å². The van der Waals surface area contributed by atoms with Crippen molar-refractivity contribution in [1.82, 2.24) is 0 Å². The molecule has 5 nitrogen and oxygen atoms in total. The summed E-state index contributed by atoms with van der Waals surface area (Å²) < 4.78 is 5.07. The molecule has 0 spiro atoms. The van der Waals surface area contributed by atoms with Crippen LogP contribution in [0.5, 0.6) is 17.2 Å². The predicted molar refractivity (Wildman–Crippen MR) is 74.4 cm³/mol. The summed E-state index contributed by atoms with van der Waals surface area (Å²) in [5.74, 6) is -1.33. The number of aryl methyl sites for hydroxylation is 1. The van der Waals surface area contributed by atoms with Gasteiger partial charge in [-0.05, 0) is 36.8 Å². The summed E-state index contributed by atoms with van der Waals surface area (Å²) in [6.45, 7) is 1.55. The van der Waals surface area contributed by atoms with Crippen molar-refractivity contribution in [2.45, 2.75) is 6.92 Å². The minimum atomic E-state index is -0.551. The smallest absolute Gasteiger partial charge is 0.198 e. The molecule has 0 unspecified atom stereocenters. The monoisotopic (exact) mass is 284 g/mol. The van der Waals surface area contributed by atoms with Crippen LogP contribution in [0.15, 0.2) is 24.3 Å². The highest BCUT2D eigenvalue weighted by Crippen LogP contribution is 2.40. The number of carbonyl (C=O) groups excluding carboxylic acids is 2. The number of ether oxygens (including phenoxy) is 1. The third-order valence-electron chi connectivity index (χ3n) is 3.65. The van der Waals surface area contributed by atoms with Crippen molar-refractivity contribution >= 4 is 11.6 Å². The van der Waals surface area contributed by atoms with Gasteiger partial charge in [0, 0.05) is 16.7 Å². The number of aromatic hydroxyl groups is 2. The number of methoxy groups -OCH3 is 1. The standard InChI is InChI=1S/C16H12O5/c1-7-5-11-12(16(20)13(7)17)15(19)9-4-3-8(21-2)6-10(9)14(11)18/h3-6,17,20H,1-2H3. The van der Waals surface area contributed by atoms with Gasteiger partial charge in [-0.25, -0.2) is 0 Å². The van der Waals surface area contributed by atoms with Crippen LogP contribution in [-0.2, 0) is 0 Å². The fraction of sp³-hybridized carbons (Fsp3) is 0.125. The second-order valence-corrected chi connectivity index (χ2v) is 4.88. The van der Waals surface area contributed by atoms with Crippen LogP contribution in [0.25, 0.3) is 0 Å². The average Bonchev–Trinajstić information content (AvgIpc) is 2.49. The molecule has 0 amide bonds. The van der Waals surface area contributed by atoms with E-state index >= 15 is 0 Å².